The second-order valence-electron chi connectivity index (χ2n) is 4.16. The van der Waals surface area contributed by atoms with Gasteiger partial charge in [0.1, 0.15) is 0 Å². The van der Waals surface area contributed by atoms with Crippen molar-refractivity contribution in [1.29, 1.82) is 0 Å². The maximum absolute atomic E-state index is 12.4. The Morgan fingerprint density at radius 2 is 1.42 bits per heavy atom. The summed E-state index contributed by atoms with van der Waals surface area (Å²) in [4.78, 5) is 0. The number of rotatable bonds is 3. The quantitative estimate of drug-likeness (QED) is 0.662. The molecule has 1 atom stereocenters. The van der Waals surface area contributed by atoms with E-state index in [1.807, 2.05) is 60.7 Å². The van der Waals surface area contributed by atoms with Crippen LogP contribution in [0.5, 0.6) is 5.75 Å². The Labute approximate surface area is 112 Å². The predicted octanol–water partition coefficient (Wildman–Crippen LogP) is 4.29. The van der Waals surface area contributed by atoms with E-state index in [2.05, 4.69) is 0 Å². The van der Waals surface area contributed by atoms with Crippen molar-refractivity contribution in [2.24, 2.45) is 0 Å². The maximum Gasteiger partial charge on any atom is 0.597 e. The van der Waals surface area contributed by atoms with Crippen LogP contribution in [-0.2, 0) is 4.57 Å². The van der Waals surface area contributed by atoms with Crippen LogP contribution in [0.2, 0.25) is 0 Å². The average Bonchev–Trinajstić information content (AvgIpc) is 2.47. The van der Waals surface area contributed by atoms with Crippen LogP contribution in [0.1, 0.15) is 0 Å². The van der Waals surface area contributed by atoms with Gasteiger partial charge in [-0.3, -0.25) is 4.52 Å². The lowest BCUT2D eigenvalue weighted by molar-refractivity contribution is 0.515. The normalized spacial score (nSPS) is 11.3. The minimum atomic E-state index is -1.90. The molecule has 0 radical (unpaired) electrons. The fraction of sp³-hybridized carbons (Fsp3) is 0. The van der Waals surface area contributed by atoms with Gasteiger partial charge in [0.15, 0.2) is 5.75 Å². The Balaban J connectivity index is 1.98. The average molecular weight is 267 g/mol. The second kappa shape index (κ2) is 5.21. The zero-order valence-corrected chi connectivity index (χ0v) is 11.1. The number of benzene rings is 3. The van der Waals surface area contributed by atoms with Crippen molar-refractivity contribution in [1.82, 2.24) is 0 Å². The van der Waals surface area contributed by atoms with Crippen molar-refractivity contribution in [3.8, 4) is 5.75 Å². The van der Waals surface area contributed by atoms with Crippen LogP contribution >= 0.6 is 8.03 Å². The van der Waals surface area contributed by atoms with Crippen LogP contribution in [0.4, 0.5) is 0 Å². The molecule has 19 heavy (non-hydrogen) atoms. The molecule has 0 aliphatic carbocycles. The van der Waals surface area contributed by atoms with Crippen molar-refractivity contribution in [3.63, 3.8) is 0 Å². The number of hydrogen-bond donors (Lipinski definition) is 0. The Kier molecular flexibility index (Phi) is 3.26. The summed E-state index contributed by atoms with van der Waals surface area (Å²) in [5.74, 6) is 0.622. The maximum atomic E-state index is 12.4. The molecule has 0 aliphatic heterocycles. The van der Waals surface area contributed by atoms with Crippen molar-refractivity contribution in [2.75, 3.05) is 0 Å². The Morgan fingerprint density at radius 1 is 0.737 bits per heavy atom. The molecule has 2 nitrogen and oxygen atoms in total. The number of para-hydroxylation sites is 1. The Bertz CT molecular complexity index is 718. The fourth-order valence-electron chi connectivity index (χ4n) is 1.99. The van der Waals surface area contributed by atoms with Gasteiger partial charge in [-0.25, -0.2) is 0 Å². The highest BCUT2D eigenvalue weighted by Gasteiger charge is 2.26. The van der Waals surface area contributed by atoms with Crippen LogP contribution in [0, 0.1) is 0 Å². The summed E-state index contributed by atoms with van der Waals surface area (Å²) in [6, 6.07) is 22.9. The highest BCUT2D eigenvalue weighted by atomic mass is 31.1. The lowest BCUT2D eigenvalue weighted by atomic mass is 10.1. The zero-order valence-electron chi connectivity index (χ0n) is 10.2. The van der Waals surface area contributed by atoms with Crippen LogP contribution < -0.4 is 9.83 Å². The molecule has 3 aromatic rings. The van der Waals surface area contributed by atoms with E-state index in [0.717, 1.165) is 16.1 Å². The van der Waals surface area contributed by atoms with Gasteiger partial charge < -0.3 is 0 Å². The van der Waals surface area contributed by atoms with E-state index in [0.29, 0.717) is 5.75 Å². The summed E-state index contributed by atoms with van der Waals surface area (Å²) in [7, 11) is -1.90. The van der Waals surface area contributed by atoms with Gasteiger partial charge in [-0.2, -0.15) is 0 Å². The second-order valence-corrected chi connectivity index (χ2v) is 5.34. The monoisotopic (exact) mass is 267 g/mol. The van der Waals surface area contributed by atoms with Gasteiger partial charge in [0.05, 0.1) is 0 Å². The molecule has 3 rings (SSSR count). The summed E-state index contributed by atoms with van der Waals surface area (Å²) in [6.45, 7) is 0. The molecule has 0 fully saturated rings. The zero-order chi connectivity index (χ0) is 13.1. The molecule has 0 bridgehead atoms. The van der Waals surface area contributed by atoms with Gasteiger partial charge in [-0.05, 0) is 34.2 Å². The largest absolute Gasteiger partial charge is 0.597 e. The predicted molar refractivity (Wildman–Crippen MR) is 78.3 cm³/mol. The summed E-state index contributed by atoms with van der Waals surface area (Å²) in [6.07, 6.45) is 0. The van der Waals surface area contributed by atoms with Crippen molar-refractivity contribution in [3.05, 3.63) is 72.8 Å². The van der Waals surface area contributed by atoms with Crippen molar-refractivity contribution >= 4 is 24.1 Å². The van der Waals surface area contributed by atoms with E-state index in [9.17, 15) is 4.57 Å². The van der Waals surface area contributed by atoms with E-state index in [1.54, 1.807) is 12.1 Å². The molecule has 0 N–H and O–H groups in total. The first kappa shape index (κ1) is 11.9. The van der Waals surface area contributed by atoms with E-state index >= 15 is 0 Å². The molecule has 0 spiro atoms. The van der Waals surface area contributed by atoms with E-state index < -0.39 is 8.03 Å². The molecule has 3 heteroatoms. The minimum Gasteiger partial charge on any atom is -0.250 e. The molecular weight excluding hydrogens is 255 g/mol. The van der Waals surface area contributed by atoms with Crippen LogP contribution in [-0.4, -0.2) is 0 Å². The van der Waals surface area contributed by atoms with Crippen LogP contribution in [0.25, 0.3) is 10.8 Å². The molecule has 92 valence electrons. The van der Waals surface area contributed by atoms with Gasteiger partial charge in [0, 0.05) is 5.39 Å². The third-order valence-electron chi connectivity index (χ3n) is 2.89. The lowest BCUT2D eigenvalue weighted by Crippen LogP contribution is -2.01. The molecule has 3 aromatic carbocycles. The SMILES string of the molecule is O=[P+](Oc1ccccc1)c1cccc2ccccc12. The molecule has 0 saturated carbocycles. The molecule has 1 unspecified atom stereocenters. The highest BCUT2D eigenvalue weighted by molar-refractivity contribution is 7.49. The Hall–Kier alpha value is -2.18. The lowest BCUT2D eigenvalue weighted by Gasteiger charge is -1.97. The van der Waals surface area contributed by atoms with Crippen molar-refractivity contribution < 1.29 is 9.09 Å². The van der Waals surface area contributed by atoms with Gasteiger partial charge in [-0.15, -0.1) is 0 Å². The van der Waals surface area contributed by atoms with E-state index in [4.69, 9.17) is 4.52 Å². The van der Waals surface area contributed by atoms with Gasteiger partial charge in [-0.1, -0.05) is 48.5 Å². The topological polar surface area (TPSA) is 26.3 Å². The van der Waals surface area contributed by atoms with Crippen molar-refractivity contribution in [2.45, 2.75) is 0 Å². The first-order chi connectivity index (χ1) is 9.34. The number of fused-ring (bicyclic) bond motifs is 1. The summed E-state index contributed by atoms with van der Waals surface area (Å²) in [5, 5.41) is 2.78. The highest BCUT2D eigenvalue weighted by Crippen LogP contribution is 2.29. The fourth-order valence-corrected chi connectivity index (χ4v) is 3.01. The molecule has 0 saturated heterocycles. The first-order valence-electron chi connectivity index (χ1n) is 6.02. The summed E-state index contributed by atoms with van der Waals surface area (Å²) in [5.41, 5.74) is 0. The van der Waals surface area contributed by atoms with Gasteiger partial charge in [0.25, 0.3) is 0 Å². The standard InChI is InChI=1S/C16H12O2P/c17-19(18-14-9-2-1-3-10-14)16-12-6-8-13-7-4-5-11-15(13)16/h1-12H/q+1. The first-order valence-corrected chi connectivity index (χ1v) is 7.20. The third kappa shape index (κ3) is 2.49. The van der Waals surface area contributed by atoms with Gasteiger partial charge >= 0.3 is 8.03 Å². The molecular formula is C16H12O2P+. The molecule has 0 aliphatic rings. The van der Waals surface area contributed by atoms with Crippen LogP contribution in [0.3, 0.4) is 0 Å². The van der Waals surface area contributed by atoms with Crippen LogP contribution in [0.15, 0.2) is 72.8 Å². The van der Waals surface area contributed by atoms with Gasteiger partial charge in [0.2, 0.25) is 5.30 Å². The minimum absolute atomic E-state index is 0.622. The van der Waals surface area contributed by atoms with E-state index in [-0.39, 0.29) is 0 Å². The molecule has 0 aromatic heterocycles. The summed E-state index contributed by atoms with van der Waals surface area (Å²) >= 11 is 0. The smallest absolute Gasteiger partial charge is 0.250 e. The number of hydrogen-bond acceptors (Lipinski definition) is 2. The molecule has 0 heterocycles. The molecule has 0 amide bonds. The Morgan fingerprint density at radius 3 is 2.26 bits per heavy atom. The van der Waals surface area contributed by atoms with E-state index in [1.165, 1.54) is 0 Å². The summed E-state index contributed by atoms with van der Waals surface area (Å²) < 4.78 is 17.9. The third-order valence-corrected chi connectivity index (χ3v) is 4.05.